The summed E-state index contributed by atoms with van der Waals surface area (Å²) in [5, 5.41) is 14.6. The number of unbranched alkanes of at least 4 members (excludes halogenated alkanes) is 1. The number of alkyl carbamates (subject to hydrolysis) is 1. The largest absolute Gasteiger partial charge is 0.480 e. The van der Waals surface area contributed by atoms with Crippen LogP contribution < -0.4 is 5.32 Å². The van der Waals surface area contributed by atoms with Gasteiger partial charge >= 0.3 is 41.9 Å². The number of nitrogens with zero attached hydrogens (tertiary/aromatic N) is 3. The number of thioether (sulfide) groups is 2. The SMILES string of the molecule is [C-]#[N+]C(C)(C)CC(C)(CC(C)(CC(C)(CC(C)(CC(C)(CC(CCC)(SC(=S)SCC)C(=O)O)C(=O)OCCCC)C(=O)OCCN(C)C)C(=O)OCCOC)C(=O)OCCOCCNC(=O)OC(C)(C)C)C(=O)OCCSSc1ccccn1. The predicted molar refractivity (Wildman–Crippen MR) is 340 cm³/mol. The van der Waals surface area contributed by atoms with Gasteiger partial charge in [-0.25, -0.2) is 16.4 Å². The number of nitrogens with one attached hydrogen (secondary N) is 1. The van der Waals surface area contributed by atoms with E-state index in [1.165, 1.54) is 47.4 Å². The molecule has 484 valence electrons. The number of thiocarbonyl (C=S) groups is 1. The maximum atomic E-state index is 15.3. The number of pyridine rings is 1. The number of carboxylic acids is 1. The normalized spacial score (nSPS) is 16.0. The summed E-state index contributed by atoms with van der Waals surface area (Å²) in [5.74, 6) is -4.34. The van der Waals surface area contributed by atoms with Crippen molar-refractivity contribution in [2.75, 3.05) is 98.7 Å². The molecule has 25 heteroatoms. The van der Waals surface area contributed by atoms with E-state index in [1.807, 2.05) is 32.9 Å². The molecular formula is C60H98N4O16S5. The molecule has 20 nitrogen and oxygen atoms in total. The Morgan fingerprint density at radius 3 is 1.64 bits per heavy atom. The summed E-state index contributed by atoms with van der Waals surface area (Å²) >= 11 is 8.00. The predicted octanol–water partition coefficient (Wildman–Crippen LogP) is 11.6. The van der Waals surface area contributed by atoms with Crippen molar-refractivity contribution in [2.24, 2.45) is 27.1 Å². The van der Waals surface area contributed by atoms with Gasteiger partial charge in [-0.05, 0) is 143 Å². The molecule has 1 aromatic rings. The van der Waals surface area contributed by atoms with Gasteiger partial charge in [0.1, 0.15) is 45.3 Å². The minimum atomic E-state index is -1.91. The fourth-order valence-corrected chi connectivity index (χ4v) is 15.4. The van der Waals surface area contributed by atoms with E-state index in [0.717, 1.165) is 16.8 Å². The zero-order valence-corrected chi connectivity index (χ0v) is 57.4. The number of ether oxygens (including phenoxy) is 8. The molecule has 0 fully saturated rings. The summed E-state index contributed by atoms with van der Waals surface area (Å²) in [6, 6.07) is 5.51. The maximum absolute atomic E-state index is 15.3. The van der Waals surface area contributed by atoms with Crippen LogP contribution in [0.25, 0.3) is 4.85 Å². The Morgan fingerprint density at radius 1 is 0.671 bits per heavy atom. The number of hydrogen-bond acceptors (Lipinski definition) is 22. The van der Waals surface area contributed by atoms with Crippen LogP contribution in [0.15, 0.2) is 29.4 Å². The molecule has 1 aromatic heterocycles. The van der Waals surface area contributed by atoms with Crippen molar-refractivity contribution >= 4 is 103 Å². The molecule has 0 bridgehead atoms. The molecule has 0 radical (unpaired) electrons. The Labute approximate surface area is 528 Å². The first kappa shape index (κ1) is 79.1. The van der Waals surface area contributed by atoms with Crippen molar-refractivity contribution in [1.82, 2.24) is 15.2 Å². The Morgan fingerprint density at radius 2 is 1.18 bits per heavy atom. The number of carboxylic acid groups (broad SMARTS) is 1. The summed E-state index contributed by atoms with van der Waals surface area (Å²) in [4.78, 5) is 112. The van der Waals surface area contributed by atoms with Crippen molar-refractivity contribution in [3.63, 3.8) is 0 Å². The fourth-order valence-electron chi connectivity index (χ4n) is 10.4. The van der Waals surface area contributed by atoms with Crippen LogP contribution in [-0.2, 0) is 66.7 Å². The molecule has 85 heavy (non-hydrogen) atoms. The van der Waals surface area contributed by atoms with E-state index in [4.69, 9.17) is 56.7 Å². The van der Waals surface area contributed by atoms with Gasteiger partial charge in [0.05, 0.1) is 53.5 Å². The highest BCUT2D eigenvalue weighted by atomic mass is 33.1. The Hall–Kier alpha value is -3.90. The number of aliphatic carboxylic acids is 1. The minimum Gasteiger partial charge on any atom is -0.480 e. The highest BCUT2D eigenvalue weighted by Crippen LogP contribution is 2.55. The van der Waals surface area contributed by atoms with Crippen LogP contribution in [0.3, 0.4) is 0 Å². The lowest BCUT2D eigenvalue weighted by molar-refractivity contribution is -0.175. The van der Waals surface area contributed by atoms with Crippen LogP contribution in [0.2, 0.25) is 0 Å². The standard InChI is InChI=1S/C60H98N4O16S5/c1-18-21-29-75-50(71)59(13,43-60(25-19-2,45(65)66)84-52(81)82-20-3)42-58(12,47(68)76-31-28-64(15)16)41-57(11,48(69)77-34-32-73-17)40-56(10,49(70)78-35-33-74-30-27-63-51(72)80-53(4,5)6)39-55(9,38-54(7,8)61-14)46(67)79-36-37-83-85-44-24-22-23-26-62-44/h22-24,26H,18-21,25,27-43H2,1-13,15-17H3,(H,63,72)(H,65,66). The van der Waals surface area contributed by atoms with Gasteiger partial charge in [0, 0.05) is 52.4 Å². The van der Waals surface area contributed by atoms with Crippen LogP contribution in [0.1, 0.15) is 154 Å². The van der Waals surface area contributed by atoms with Crippen molar-refractivity contribution in [3.05, 3.63) is 35.8 Å². The second-order valence-electron chi connectivity index (χ2n) is 24.6. The molecule has 0 aliphatic rings. The molecule has 6 atom stereocenters. The second-order valence-corrected chi connectivity index (χ2v) is 30.9. The van der Waals surface area contributed by atoms with E-state index in [9.17, 15) is 24.3 Å². The number of hydrogen-bond donors (Lipinski definition) is 2. The highest BCUT2D eigenvalue weighted by Gasteiger charge is 2.59. The number of aromatic nitrogens is 1. The molecule has 0 spiro atoms. The molecule has 1 amide bonds. The average Bonchev–Trinajstić information content (AvgIpc) is 2.06. The van der Waals surface area contributed by atoms with Gasteiger partial charge in [-0.2, -0.15) is 0 Å². The topological polar surface area (TPSA) is 246 Å². The molecule has 0 aromatic carbocycles. The zero-order valence-electron chi connectivity index (χ0n) is 53.3. The summed E-state index contributed by atoms with van der Waals surface area (Å²) in [6.07, 6.45) is 0.524. The first-order valence-corrected chi connectivity index (χ1v) is 33.3. The molecule has 0 saturated heterocycles. The second kappa shape index (κ2) is 37.8. The van der Waals surface area contributed by atoms with Crippen molar-refractivity contribution < 1.29 is 76.6 Å². The van der Waals surface area contributed by atoms with Crippen LogP contribution in [0.4, 0.5) is 4.79 Å². The van der Waals surface area contributed by atoms with Gasteiger partial charge in [-0.3, -0.25) is 28.8 Å². The number of methoxy groups -OCH3 is 1. The average molecular weight is 1290 g/mol. The van der Waals surface area contributed by atoms with Crippen molar-refractivity contribution in [1.29, 1.82) is 0 Å². The number of esters is 5. The first-order valence-electron chi connectivity index (χ1n) is 28.8. The molecule has 1 heterocycles. The molecule has 6 unspecified atom stereocenters. The third-order valence-corrected chi connectivity index (χ3v) is 18.6. The third-order valence-electron chi connectivity index (χ3n) is 13.6. The van der Waals surface area contributed by atoms with E-state index in [2.05, 4.69) is 15.1 Å². The molecule has 1 rings (SSSR count). The van der Waals surface area contributed by atoms with E-state index >= 15 is 14.4 Å². The number of amides is 1. The molecular weight excluding hydrogens is 1190 g/mol. The molecule has 2 N–H and O–H groups in total. The number of carbonyl (C=O) groups excluding carboxylic acids is 6. The summed E-state index contributed by atoms with van der Waals surface area (Å²) in [6.45, 7) is 29.7. The van der Waals surface area contributed by atoms with E-state index in [0.29, 0.717) is 40.8 Å². The summed E-state index contributed by atoms with van der Waals surface area (Å²) in [5.41, 5.74) is -10.9. The minimum absolute atomic E-state index is 0.00645. The van der Waals surface area contributed by atoms with Crippen molar-refractivity contribution in [3.8, 4) is 0 Å². The van der Waals surface area contributed by atoms with Crippen LogP contribution in [-0.4, -0.2) is 175 Å². The van der Waals surface area contributed by atoms with Crippen molar-refractivity contribution in [2.45, 2.75) is 175 Å². The van der Waals surface area contributed by atoms with Gasteiger partial charge in [0.25, 0.3) is 0 Å². The zero-order chi connectivity index (χ0) is 64.8. The number of rotatable bonds is 42. The van der Waals surface area contributed by atoms with Crippen LogP contribution in [0, 0.1) is 33.6 Å². The monoisotopic (exact) mass is 1290 g/mol. The Kier molecular flexibility index (Phi) is 35.2. The lowest BCUT2D eigenvalue weighted by atomic mass is 9.58. The van der Waals surface area contributed by atoms with Crippen LogP contribution in [0.5, 0.6) is 0 Å². The molecule has 0 aliphatic carbocycles. The lowest BCUT2D eigenvalue weighted by Crippen LogP contribution is -2.51. The Bertz CT molecular complexity index is 2340. The van der Waals surface area contributed by atoms with Gasteiger partial charge < -0.3 is 58.1 Å². The van der Waals surface area contributed by atoms with E-state index in [1.54, 1.807) is 93.6 Å². The molecule has 0 saturated carbocycles. The van der Waals surface area contributed by atoms with Crippen LogP contribution >= 0.6 is 57.3 Å². The Balaban J connectivity index is 4.36. The summed E-state index contributed by atoms with van der Waals surface area (Å²) in [7, 11) is 7.83. The van der Waals surface area contributed by atoms with E-state index in [-0.39, 0.29) is 85.1 Å². The third kappa shape index (κ3) is 28.9. The summed E-state index contributed by atoms with van der Waals surface area (Å²) < 4.78 is 45.0. The van der Waals surface area contributed by atoms with Gasteiger partial charge in [0.15, 0.2) is 0 Å². The highest BCUT2D eigenvalue weighted by molar-refractivity contribution is 8.76. The maximum Gasteiger partial charge on any atom is 0.407 e. The van der Waals surface area contributed by atoms with Gasteiger partial charge in [-0.15, -0.1) is 11.8 Å². The first-order chi connectivity index (χ1) is 39.6. The van der Waals surface area contributed by atoms with Gasteiger partial charge in [-0.1, -0.05) is 74.5 Å². The lowest BCUT2D eigenvalue weighted by Gasteiger charge is -2.46. The molecule has 0 aliphatic heterocycles. The van der Waals surface area contributed by atoms with E-state index < -0.39 is 104 Å². The quantitative estimate of drug-likeness (QED) is 0.0154. The number of likely N-dealkylation sites (N-methyl/N-ethyl adjacent to an activating group) is 1. The number of carbonyl (C=O) groups is 7. The fraction of sp³-hybridized carbons (Fsp3) is 0.767. The van der Waals surface area contributed by atoms with Gasteiger partial charge in [0.2, 0.25) is 5.54 Å². The smallest absolute Gasteiger partial charge is 0.407 e.